The molecule has 0 aliphatic rings. The molecular formula is C21H13N3O4. The van der Waals surface area contributed by atoms with E-state index in [9.17, 15) is 20.0 Å². The first kappa shape index (κ1) is 18.6. The van der Waals surface area contributed by atoms with Crippen LogP contribution in [0.15, 0.2) is 42.5 Å². The van der Waals surface area contributed by atoms with Crippen LogP contribution in [0.4, 0.5) is 0 Å². The summed E-state index contributed by atoms with van der Waals surface area (Å²) in [5, 5.41) is 37.7. The van der Waals surface area contributed by atoms with Crippen molar-refractivity contribution in [3.05, 3.63) is 59.3 Å². The molecule has 0 saturated heterocycles. The molecule has 0 radical (unpaired) electrons. The molecule has 0 atom stereocenters. The Hall–Kier alpha value is -4.23. The fourth-order valence-electron chi connectivity index (χ4n) is 2.82. The summed E-state index contributed by atoms with van der Waals surface area (Å²) < 4.78 is 0. The van der Waals surface area contributed by atoms with Crippen LogP contribution in [0.3, 0.4) is 0 Å². The minimum atomic E-state index is -1.14. The summed E-state index contributed by atoms with van der Waals surface area (Å²) >= 11 is 0. The monoisotopic (exact) mass is 371 g/mol. The molecule has 0 bridgehead atoms. The topological polar surface area (TPSA) is 135 Å². The van der Waals surface area contributed by atoms with Crippen LogP contribution in [0.2, 0.25) is 0 Å². The lowest BCUT2D eigenvalue weighted by atomic mass is 9.99. The average molecular weight is 371 g/mol. The third-order valence-corrected chi connectivity index (χ3v) is 4.25. The zero-order valence-corrected chi connectivity index (χ0v) is 14.5. The molecule has 0 spiro atoms. The highest BCUT2D eigenvalue weighted by Crippen LogP contribution is 2.32. The lowest BCUT2D eigenvalue weighted by Crippen LogP contribution is -2.07. The Bertz CT molecular complexity index is 1190. The Balaban J connectivity index is 2.12. The van der Waals surface area contributed by atoms with Gasteiger partial charge in [-0.25, -0.2) is 4.98 Å². The molecule has 7 heteroatoms. The van der Waals surface area contributed by atoms with Crippen molar-refractivity contribution in [3.63, 3.8) is 0 Å². The lowest BCUT2D eigenvalue weighted by molar-refractivity contribution is -0.136. The SMILES string of the molecule is N#Cc1ccc(-c2ccc3c(C#N)c(O)c(C(=O)CCC(=O)O)nc3c2)cc1. The predicted molar refractivity (Wildman–Crippen MR) is 99.5 cm³/mol. The van der Waals surface area contributed by atoms with Gasteiger partial charge in [-0.15, -0.1) is 0 Å². The van der Waals surface area contributed by atoms with Gasteiger partial charge in [-0.05, 0) is 29.3 Å². The van der Waals surface area contributed by atoms with Crippen LogP contribution in [0.1, 0.15) is 34.5 Å². The Morgan fingerprint density at radius 2 is 1.64 bits per heavy atom. The summed E-state index contributed by atoms with van der Waals surface area (Å²) in [7, 11) is 0. The first-order valence-corrected chi connectivity index (χ1v) is 8.27. The second-order valence-electron chi connectivity index (χ2n) is 6.03. The van der Waals surface area contributed by atoms with Crippen LogP contribution < -0.4 is 0 Å². The fraction of sp³-hybridized carbons (Fsp3) is 0.0952. The summed E-state index contributed by atoms with van der Waals surface area (Å²) in [5.41, 5.74) is 2.01. The van der Waals surface area contributed by atoms with Gasteiger partial charge < -0.3 is 10.2 Å². The number of carboxylic acids is 1. The van der Waals surface area contributed by atoms with Crippen molar-refractivity contribution in [3.8, 4) is 29.0 Å². The number of aliphatic carboxylic acids is 1. The standard InChI is InChI=1S/C21H13N3O4/c22-10-12-1-3-13(4-2-12)14-5-6-15-16(11-23)21(28)20(24-17(15)9-14)18(25)7-8-19(26)27/h1-6,9,28H,7-8H2,(H,26,27). The van der Waals surface area contributed by atoms with Crippen LogP contribution in [0, 0.1) is 22.7 Å². The molecule has 1 aromatic heterocycles. The third kappa shape index (κ3) is 3.50. The number of pyridine rings is 1. The van der Waals surface area contributed by atoms with E-state index in [0.717, 1.165) is 11.1 Å². The number of fused-ring (bicyclic) bond motifs is 1. The maximum Gasteiger partial charge on any atom is 0.303 e. The smallest absolute Gasteiger partial charge is 0.303 e. The van der Waals surface area contributed by atoms with Crippen molar-refractivity contribution >= 4 is 22.7 Å². The number of carboxylic acid groups (broad SMARTS) is 1. The molecule has 28 heavy (non-hydrogen) atoms. The number of benzene rings is 2. The van der Waals surface area contributed by atoms with Gasteiger partial charge in [0.1, 0.15) is 17.3 Å². The van der Waals surface area contributed by atoms with Crippen LogP contribution >= 0.6 is 0 Å². The normalized spacial score (nSPS) is 10.2. The van der Waals surface area contributed by atoms with E-state index in [-0.39, 0.29) is 17.7 Å². The van der Waals surface area contributed by atoms with E-state index < -0.39 is 23.9 Å². The number of rotatable bonds is 5. The number of nitriles is 2. The van der Waals surface area contributed by atoms with Gasteiger partial charge in [-0.1, -0.05) is 24.3 Å². The van der Waals surface area contributed by atoms with Crippen molar-refractivity contribution in [2.45, 2.75) is 12.8 Å². The number of ketones is 1. The number of aromatic nitrogens is 1. The highest BCUT2D eigenvalue weighted by molar-refractivity contribution is 6.02. The molecule has 1 heterocycles. The third-order valence-electron chi connectivity index (χ3n) is 4.25. The maximum absolute atomic E-state index is 12.3. The number of carbonyl (C=O) groups is 2. The van der Waals surface area contributed by atoms with E-state index >= 15 is 0 Å². The largest absolute Gasteiger partial charge is 0.504 e. The molecular weight excluding hydrogens is 358 g/mol. The number of carbonyl (C=O) groups excluding carboxylic acids is 1. The Kier molecular flexibility index (Phi) is 5.01. The summed E-state index contributed by atoms with van der Waals surface area (Å²) in [6, 6.07) is 15.8. The van der Waals surface area contributed by atoms with Gasteiger partial charge in [0.05, 0.1) is 23.6 Å². The minimum Gasteiger partial charge on any atom is -0.504 e. The highest BCUT2D eigenvalue weighted by atomic mass is 16.4. The van der Waals surface area contributed by atoms with E-state index in [1.165, 1.54) is 0 Å². The van der Waals surface area contributed by atoms with Crippen molar-refractivity contribution in [2.75, 3.05) is 0 Å². The van der Waals surface area contributed by atoms with Crippen LogP contribution in [-0.4, -0.2) is 26.9 Å². The quantitative estimate of drug-likeness (QED) is 0.656. The zero-order chi connectivity index (χ0) is 20.3. The second-order valence-corrected chi connectivity index (χ2v) is 6.03. The average Bonchev–Trinajstić information content (AvgIpc) is 2.71. The molecule has 0 fully saturated rings. The molecule has 136 valence electrons. The first-order valence-electron chi connectivity index (χ1n) is 8.27. The van der Waals surface area contributed by atoms with Crippen molar-refractivity contribution in [2.24, 2.45) is 0 Å². The molecule has 0 aliphatic carbocycles. The predicted octanol–water partition coefficient (Wildman–Crippen LogP) is 3.40. The van der Waals surface area contributed by atoms with E-state index in [1.54, 1.807) is 42.5 Å². The van der Waals surface area contributed by atoms with Gasteiger partial charge in [0.25, 0.3) is 0 Å². The number of nitrogens with zero attached hydrogens (tertiary/aromatic N) is 3. The van der Waals surface area contributed by atoms with Gasteiger partial charge in [0, 0.05) is 11.8 Å². The fourth-order valence-corrected chi connectivity index (χ4v) is 2.82. The molecule has 2 N–H and O–H groups in total. The number of aromatic hydroxyl groups is 1. The number of hydrogen-bond acceptors (Lipinski definition) is 6. The highest BCUT2D eigenvalue weighted by Gasteiger charge is 2.20. The summed E-state index contributed by atoms with van der Waals surface area (Å²) in [5.74, 6) is -2.34. The summed E-state index contributed by atoms with van der Waals surface area (Å²) in [4.78, 5) is 27.2. The van der Waals surface area contributed by atoms with Gasteiger partial charge in [-0.3, -0.25) is 9.59 Å². The van der Waals surface area contributed by atoms with E-state index in [0.29, 0.717) is 16.5 Å². The van der Waals surface area contributed by atoms with E-state index in [2.05, 4.69) is 4.98 Å². The minimum absolute atomic E-state index is 0.0879. The maximum atomic E-state index is 12.3. The van der Waals surface area contributed by atoms with Crippen LogP contribution in [0.5, 0.6) is 5.75 Å². The Labute approximate surface area is 159 Å². The summed E-state index contributed by atoms with van der Waals surface area (Å²) in [6.45, 7) is 0. The molecule has 2 aromatic carbocycles. The zero-order valence-electron chi connectivity index (χ0n) is 14.5. The van der Waals surface area contributed by atoms with Crippen LogP contribution in [-0.2, 0) is 4.79 Å². The van der Waals surface area contributed by atoms with E-state index in [1.807, 2.05) is 12.1 Å². The summed E-state index contributed by atoms with van der Waals surface area (Å²) in [6.07, 6.45) is -0.729. The molecule has 0 amide bonds. The second kappa shape index (κ2) is 7.56. The Morgan fingerprint density at radius 3 is 2.25 bits per heavy atom. The van der Waals surface area contributed by atoms with Crippen LogP contribution in [0.25, 0.3) is 22.0 Å². The van der Waals surface area contributed by atoms with Crippen molar-refractivity contribution in [1.82, 2.24) is 4.98 Å². The molecule has 7 nitrogen and oxygen atoms in total. The molecule has 3 rings (SSSR count). The first-order chi connectivity index (χ1) is 13.4. The molecule has 3 aromatic rings. The van der Waals surface area contributed by atoms with E-state index in [4.69, 9.17) is 10.4 Å². The van der Waals surface area contributed by atoms with Gasteiger partial charge in [0.2, 0.25) is 0 Å². The number of Topliss-reactive ketones (excluding diaryl/α,β-unsaturated/α-hetero) is 1. The number of hydrogen-bond donors (Lipinski definition) is 2. The molecule has 0 saturated carbocycles. The Morgan fingerprint density at radius 1 is 0.964 bits per heavy atom. The van der Waals surface area contributed by atoms with Gasteiger partial charge in [-0.2, -0.15) is 10.5 Å². The lowest BCUT2D eigenvalue weighted by Gasteiger charge is -2.09. The molecule has 0 aliphatic heterocycles. The van der Waals surface area contributed by atoms with Gasteiger partial charge in [0.15, 0.2) is 11.5 Å². The van der Waals surface area contributed by atoms with Crippen molar-refractivity contribution < 1.29 is 19.8 Å². The van der Waals surface area contributed by atoms with Crippen molar-refractivity contribution in [1.29, 1.82) is 10.5 Å². The molecule has 0 unspecified atom stereocenters. The van der Waals surface area contributed by atoms with Gasteiger partial charge >= 0.3 is 5.97 Å².